The van der Waals surface area contributed by atoms with Crippen molar-refractivity contribution >= 4 is 40.8 Å². The summed E-state index contributed by atoms with van der Waals surface area (Å²) in [6.45, 7) is 3.48. The maximum atomic E-state index is 12.1. The first-order valence-electron chi connectivity index (χ1n) is 9.44. The number of carbonyl (C=O) groups is 3. The standard InChI is InChI=1S/C22H25ClN2O5/c1-14-7-9-17(15(2)11-14)24-21(27)13-30-22(28)6-4-5-20(26)25-18-12-16(23)8-10-19(18)29-3/h7-12H,4-6,13H2,1-3H3,(H,24,27)(H,25,26). The van der Waals surface area contributed by atoms with Crippen LogP contribution in [0.25, 0.3) is 0 Å². The lowest BCUT2D eigenvalue weighted by Gasteiger charge is -2.11. The van der Waals surface area contributed by atoms with Crippen molar-refractivity contribution < 1.29 is 23.9 Å². The summed E-state index contributed by atoms with van der Waals surface area (Å²) >= 11 is 5.93. The zero-order valence-corrected chi connectivity index (χ0v) is 18.0. The van der Waals surface area contributed by atoms with Crippen molar-refractivity contribution in [2.45, 2.75) is 33.1 Å². The number of benzene rings is 2. The van der Waals surface area contributed by atoms with Gasteiger partial charge in [-0.05, 0) is 50.1 Å². The highest BCUT2D eigenvalue weighted by Gasteiger charge is 2.12. The molecular weight excluding hydrogens is 408 g/mol. The molecule has 0 atom stereocenters. The molecule has 0 aliphatic carbocycles. The Morgan fingerprint density at radius 2 is 1.67 bits per heavy atom. The van der Waals surface area contributed by atoms with E-state index in [4.69, 9.17) is 21.1 Å². The predicted octanol–water partition coefficient (Wildman–Crippen LogP) is 4.26. The number of methoxy groups -OCH3 is 1. The Hall–Kier alpha value is -3.06. The summed E-state index contributed by atoms with van der Waals surface area (Å²) in [4.78, 5) is 35.8. The van der Waals surface area contributed by atoms with Crippen molar-refractivity contribution in [3.63, 3.8) is 0 Å². The molecule has 0 heterocycles. The first kappa shape index (κ1) is 23.2. The van der Waals surface area contributed by atoms with E-state index in [2.05, 4.69) is 10.6 Å². The van der Waals surface area contributed by atoms with Crippen molar-refractivity contribution in [3.8, 4) is 5.75 Å². The molecule has 2 amide bonds. The fraction of sp³-hybridized carbons (Fsp3) is 0.318. The molecule has 2 rings (SSSR count). The molecule has 0 saturated heterocycles. The van der Waals surface area contributed by atoms with Crippen molar-refractivity contribution in [1.82, 2.24) is 0 Å². The van der Waals surface area contributed by atoms with Crippen LogP contribution >= 0.6 is 11.6 Å². The van der Waals surface area contributed by atoms with Crippen molar-refractivity contribution in [3.05, 3.63) is 52.5 Å². The van der Waals surface area contributed by atoms with Gasteiger partial charge in [-0.15, -0.1) is 0 Å². The molecule has 0 unspecified atom stereocenters. The van der Waals surface area contributed by atoms with Crippen LogP contribution in [0.4, 0.5) is 11.4 Å². The Morgan fingerprint density at radius 3 is 2.37 bits per heavy atom. The maximum Gasteiger partial charge on any atom is 0.306 e. The van der Waals surface area contributed by atoms with Gasteiger partial charge in [0.15, 0.2) is 6.61 Å². The summed E-state index contributed by atoms with van der Waals surface area (Å²) in [5.74, 6) is -0.752. The van der Waals surface area contributed by atoms with Crippen LogP contribution in [-0.2, 0) is 19.1 Å². The molecule has 0 bridgehead atoms. The van der Waals surface area contributed by atoms with Gasteiger partial charge in [0, 0.05) is 23.6 Å². The van der Waals surface area contributed by atoms with Crippen LogP contribution in [0.15, 0.2) is 36.4 Å². The third kappa shape index (κ3) is 7.40. The predicted molar refractivity (Wildman–Crippen MR) is 116 cm³/mol. The lowest BCUT2D eigenvalue weighted by atomic mass is 10.1. The largest absolute Gasteiger partial charge is 0.495 e. The third-order valence-electron chi connectivity index (χ3n) is 4.24. The number of carbonyl (C=O) groups excluding carboxylic acids is 3. The Morgan fingerprint density at radius 1 is 0.933 bits per heavy atom. The van der Waals surface area contributed by atoms with Crippen LogP contribution in [0.2, 0.25) is 5.02 Å². The highest BCUT2D eigenvalue weighted by atomic mass is 35.5. The minimum Gasteiger partial charge on any atom is -0.495 e. The first-order chi connectivity index (χ1) is 14.3. The van der Waals surface area contributed by atoms with Crippen LogP contribution in [0, 0.1) is 13.8 Å². The quantitative estimate of drug-likeness (QED) is 0.577. The van der Waals surface area contributed by atoms with Crippen LogP contribution in [0.5, 0.6) is 5.75 Å². The van der Waals surface area contributed by atoms with E-state index in [0.29, 0.717) is 22.1 Å². The second-order valence-corrected chi connectivity index (χ2v) is 7.21. The Kier molecular flexibility index (Phi) is 8.68. The second kappa shape index (κ2) is 11.2. The molecule has 0 aliphatic rings. The fourth-order valence-corrected chi connectivity index (χ4v) is 2.91. The maximum absolute atomic E-state index is 12.1. The van der Waals surface area contributed by atoms with Crippen LogP contribution < -0.4 is 15.4 Å². The van der Waals surface area contributed by atoms with Gasteiger partial charge in [0.2, 0.25) is 5.91 Å². The summed E-state index contributed by atoms with van der Waals surface area (Å²) in [7, 11) is 1.49. The van der Waals surface area contributed by atoms with Gasteiger partial charge in [0.1, 0.15) is 5.75 Å². The molecule has 2 aromatic rings. The first-order valence-corrected chi connectivity index (χ1v) is 9.82. The molecular formula is C22H25ClN2O5. The van der Waals surface area contributed by atoms with E-state index in [1.807, 2.05) is 26.0 Å². The van der Waals surface area contributed by atoms with E-state index in [-0.39, 0.29) is 31.8 Å². The number of rotatable bonds is 9. The van der Waals surface area contributed by atoms with E-state index in [1.54, 1.807) is 24.3 Å². The molecule has 2 aromatic carbocycles. The van der Waals surface area contributed by atoms with Crippen LogP contribution in [0.3, 0.4) is 0 Å². The fourth-order valence-electron chi connectivity index (χ4n) is 2.74. The number of amides is 2. The average Bonchev–Trinajstić information content (AvgIpc) is 2.69. The van der Waals surface area contributed by atoms with Gasteiger partial charge in [0.05, 0.1) is 12.8 Å². The number of hydrogen-bond donors (Lipinski definition) is 2. The van der Waals surface area contributed by atoms with Gasteiger partial charge in [-0.1, -0.05) is 29.3 Å². The van der Waals surface area contributed by atoms with Crippen LogP contribution in [-0.4, -0.2) is 31.5 Å². The van der Waals surface area contributed by atoms with Crippen molar-refractivity contribution in [1.29, 1.82) is 0 Å². The Balaban J connectivity index is 1.70. The molecule has 0 aromatic heterocycles. The summed E-state index contributed by atoms with van der Waals surface area (Å²) in [5.41, 5.74) is 3.15. The van der Waals surface area contributed by atoms with Gasteiger partial charge < -0.3 is 20.1 Å². The monoisotopic (exact) mass is 432 g/mol. The molecule has 0 spiro atoms. The van der Waals surface area contributed by atoms with E-state index in [0.717, 1.165) is 11.1 Å². The molecule has 0 aliphatic heterocycles. The molecule has 7 nitrogen and oxygen atoms in total. The SMILES string of the molecule is COc1ccc(Cl)cc1NC(=O)CCCC(=O)OCC(=O)Nc1ccc(C)cc1C. The summed E-state index contributed by atoms with van der Waals surface area (Å²) in [6, 6.07) is 10.5. The number of aryl methyl sites for hydroxylation is 2. The summed E-state index contributed by atoms with van der Waals surface area (Å²) < 4.78 is 10.1. The highest BCUT2D eigenvalue weighted by Crippen LogP contribution is 2.27. The van der Waals surface area contributed by atoms with E-state index in [9.17, 15) is 14.4 Å². The summed E-state index contributed by atoms with van der Waals surface area (Å²) in [6.07, 6.45) is 0.419. The molecule has 0 radical (unpaired) electrons. The van der Waals surface area contributed by atoms with Crippen molar-refractivity contribution in [2.75, 3.05) is 24.4 Å². The number of halogens is 1. The lowest BCUT2D eigenvalue weighted by molar-refractivity contribution is -0.147. The third-order valence-corrected chi connectivity index (χ3v) is 4.48. The molecule has 2 N–H and O–H groups in total. The van der Waals surface area contributed by atoms with Gasteiger partial charge in [-0.2, -0.15) is 0 Å². The second-order valence-electron chi connectivity index (χ2n) is 6.77. The number of esters is 1. The minimum atomic E-state index is -0.543. The van der Waals surface area contributed by atoms with E-state index < -0.39 is 11.9 Å². The number of ether oxygens (including phenoxy) is 2. The van der Waals surface area contributed by atoms with E-state index >= 15 is 0 Å². The van der Waals surface area contributed by atoms with E-state index in [1.165, 1.54) is 7.11 Å². The molecule has 8 heteroatoms. The Labute approximate surface area is 180 Å². The number of hydrogen-bond acceptors (Lipinski definition) is 5. The topological polar surface area (TPSA) is 93.7 Å². The highest BCUT2D eigenvalue weighted by molar-refractivity contribution is 6.31. The van der Waals surface area contributed by atoms with Gasteiger partial charge in [-0.25, -0.2) is 0 Å². The van der Waals surface area contributed by atoms with Gasteiger partial charge >= 0.3 is 5.97 Å². The zero-order chi connectivity index (χ0) is 22.1. The minimum absolute atomic E-state index is 0.0247. The van der Waals surface area contributed by atoms with Crippen LogP contribution in [0.1, 0.15) is 30.4 Å². The normalized spacial score (nSPS) is 10.3. The molecule has 0 saturated carbocycles. The molecule has 0 fully saturated rings. The summed E-state index contributed by atoms with van der Waals surface area (Å²) in [5, 5.41) is 5.87. The smallest absolute Gasteiger partial charge is 0.306 e. The van der Waals surface area contributed by atoms with Gasteiger partial charge in [0.25, 0.3) is 5.91 Å². The Bertz CT molecular complexity index is 930. The zero-order valence-electron chi connectivity index (χ0n) is 17.2. The molecule has 160 valence electrons. The van der Waals surface area contributed by atoms with Gasteiger partial charge in [-0.3, -0.25) is 14.4 Å². The number of anilines is 2. The molecule has 30 heavy (non-hydrogen) atoms. The van der Waals surface area contributed by atoms with Crippen molar-refractivity contribution in [2.24, 2.45) is 0 Å². The average molecular weight is 433 g/mol. The lowest BCUT2D eigenvalue weighted by Crippen LogP contribution is -2.21. The number of nitrogens with one attached hydrogen (secondary N) is 2.